The lowest BCUT2D eigenvalue weighted by atomic mass is 9.98. The second-order valence-corrected chi connectivity index (χ2v) is 4.88. The van der Waals surface area contributed by atoms with Crippen molar-refractivity contribution in [3.63, 3.8) is 0 Å². The van der Waals surface area contributed by atoms with E-state index in [2.05, 4.69) is 13.8 Å². The lowest BCUT2D eigenvalue weighted by Crippen LogP contribution is -1.96. The van der Waals surface area contributed by atoms with E-state index in [0.29, 0.717) is 6.61 Å². The van der Waals surface area contributed by atoms with Crippen LogP contribution in [0.4, 0.5) is 0 Å². The first kappa shape index (κ1) is 15.0. The number of hydrogen-bond donors (Lipinski definition) is 1. The van der Waals surface area contributed by atoms with E-state index in [1.165, 1.54) is 57.8 Å². The third-order valence-electron chi connectivity index (χ3n) is 3.16. The van der Waals surface area contributed by atoms with Crippen LogP contribution in [0.1, 0.15) is 78.1 Å². The van der Waals surface area contributed by atoms with Crippen LogP contribution >= 0.6 is 0 Å². The third kappa shape index (κ3) is 11.9. The van der Waals surface area contributed by atoms with Crippen LogP contribution in [0.15, 0.2) is 0 Å². The second kappa shape index (κ2) is 12.0. The lowest BCUT2D eigenvalue weighted by Gasteiger charge is -2.09. The first-order valence-corrected chi connectivity index (χ1v) is 6.92. The highest BCUT2D eigenvalue weighted by molar-refractivity contribution is 4.54. The fourth-order valence-electron chi connectivity index (χ4n) is 2.03. The topological polar surface area (TPSA) is 20.2 Å². The summed E-state index contributed by atoms with van der Waals surface area (Å²) in [6, 6.07) is 0. The summed E-state index contributed by atoms with van der Waals surface area (Å²) in [6.45, 7) is 4.94. The molecule has 0 heterocycles. The minimum absolute atomic E-state index is 0.362. The van der Waals surface area contributed by atoms with Gasteiger partial charge in [0.1, 0.15) is 0 Å². The average molecular weight is 214 g/mol. The van der Waals surface area contributed by atoms with E-state index in [1.807, 2.05) is 0 Å². The Labute approximate surface area is 96.3 Å². The van der Waals surface area contributed by atoms with Gasteiger partial charge in [-0.25, -0.2) is 0 Å². The Hall–Kier alpha value is -0.0400. The molecule has 0 saturated heterocycles. The van der Waals surface area contributed by atoms with Gasteiger partial charge in [-0.15, -0.1) is 0 Å². The van der Waals surface area contributed by atoms with E-state index >= 15 is 0 Å². The Morgan fingerprint density at radius 1 is 0.800 bits per heavy atom. The van der Waals surface area contributed by atoms with Gasteiger partial charge in [0.2, 0.25) is 0 Å². The second-order valence-electron chi connectivity index (χ2n) is 4.88. The van der Waals surface area contributed by atoms with Crippen LogP contribution in [0, 0.1) is 5.92 Å². The maximum atomic E-state index is 8.71. The zero-order valence-electron chi connectivity index (χ0n) is 10.8. The van der Waals surface area contributed by atoms with Gasteiger partial charge in [0.05, 0.1) is 0 Å². The molecule has 0 radical (unpaired) electrons. The first-order chi connectivity index (χ1) is 7.31. The van der Waals surface area contributed by atoms with Crippen LogP contribution in [0.5, 0.6) is 0 Å². The monoisotopic (exact) mass is 214 g/mol. The van der Waals surface area contributed by atoms with Gasteiger partial charge < -0.3 is 5.11 Å². The van der Waals surface area contributed by atoms with Crippen molar-refractivity contribution in [3.8, 4) is 0 Å². The molecule has 15 heavy (non-hydrogen) atoms. The van der Waals surface area contributed by atoms with E-state index in [9.17, 15) is 0 Å². The summed E-state index contributed by atoms with van der Waals surface area (Å²) in [5, 5.41) is 8.71. The molecule has 1 N–H and O–H groups in total. The summed E-state index contributed by atoms with van der Waals surface area (Å²) >= 11 is 0. The minimum atomic E-state index is 0.362. The molecule has 0 bridgehead atoms. The Kier molecular flexibility index (Phi) is 12.0. The zero-order valence-corrected chi connectivity index (χ0v) is 10.8. The van der Waals surface area contributed by atoms with E-state index in [-0.39, 0.29) is 0 Å². The van der Waals surface area contributed by atoms with Crippen LogP contribution in [0.3, 0.4) is 0 Å². The SMILES string of the molecule is CCCCCCCCCC(C)CCCO. The molecule has 0 aliphatic heterocycles. The molecular formula is C14H30O. The molecule has 0 saturated carbocycles. The molecule has 1 heteroatoms. The van der Waals surface area contributed by atoms with Crippen molar-refractivity contribution >= 4 is 0 Å². The van der Waals surface area contributed by atoms with Gasteiger partial charge in [-0.3, -0.25) is 0 Å². The molecule has 0 aromatic heterocycles. The zero-order chi connectivity index (χ0) is 11.4. The summed E-state index contributed by atoms with van der Waals surface area (Å²) in [7, 11) is 0. The van der Waals surface area contributed by atoms with Crippen molar-refractivity contribution in [3.05, 3.63) is 0 Å². The standard InChI is InChI=1S/C14H30O/c1-3-4-5-6-7-8-9-11-14(2)12-10-13-15/h14-15H,3-13H2,1-2H3. The van der Waals surface area contributed by atoms with Gasteiger partial charge in [-0.1, -0.05) is 65.2 Å². The quantitative estimate of drug-likeness (QED) is 0.501. The maximum absolute atomic E-state index is 8.71. The third-order valence-corrected chi connectivity index (χ3v) is 3.16. The normalized spacial score (nSPS) is 13.0. The number of rotatable bonds is 11. The highest BCUT2D eigenvalue weighted by Crippen LogP contribution is 2.15. The molecule has 1 nitrogen and oxygen atoms in total. The van der Waals surface area contributed by atoms with Crippen molar-refractivity contribution < 1.29 is 5.11 Å². The lowest BCUT2D eigenvalue weighted by molar-refractivity contribution is 0.270. The van der Waals surface area contributed by atoms with E-state index in [0.717, 1.165) is 12.3 Å². The van der Waals surface area contributed by atoms with Crippen molar-refractivity contribution in [1.82, 2.24) is 0 Å². The average Bonchev–Trinajstić information content (AvgIpc) is 2.25. The van der Waals surface area contributed by atoms with Crippen LogP contribution in [0.25, 0.3) is 0 Å². The Morgan fingerprint density at radius 2 is 1.33 bits per heavy atom. The van der Waals surface area contributed by atoms with Gasteiger partial charge >= 0.3 is 0 Å². The number of aliphatic hydroxyl groups is 1. The van der Waals surface area contributed by atoms with Crippen LogP contribution in [-0.2, 0) is 0 Å². The van der Waals surface area contributed by atoms with Crippen molar-refractivity contribution in [2.75, 3.05) is 6.61 Å². The Morgan fingerprint density at radius 3 is 1.93 bits per heavy atom. The summed E-state index contributed by atoms with van der Waals surface area (Å²) in [5.74, 6) is 0.813. The van der Waals surface area contributed by atoms with Crippen molar-refractivity contribution in [2.45, 2.75) is 78.1 Å². The fourth-order valence-corrected chi connectivity index (χ4v) is 2.03. The highest BCUT2D eigenvalue weighted by Gasteiger charge is 2.00. The summed E-state index contributed by atoms with van der Waals surface area (Å²) in [4.78, 5) is 0. The minimum Gasteiger partial charge on any atom is -0.396 e. The predicted molar refractivity (Wildman–Crippen MR) is 68.1 cm³/mol. The fraction of sp³-hybridized carbons (Fsp3) is 1.00. The van der Waals surface area contributed by atoms with Crippen LogP contribution < -0.4 is 0 Å². The molecule has 0 aliphatic carbocycles. The summed E-state index contributed by atoms with van der Waals surface area (Å²) in [5.41, 5.74) is 0. The molecule has 0 rings (SSSR count). The van der Waals surface area contributed by atoms with Gasteiger partial charge in [0.15, 0.2) is 0 Å². The number of unbranched alkanes of at least 4 members (excludes halogenated alkanes) is 6. The molecule has 0 aliphatic rings. The molecule has 92 valence electrons. The predicted octanol–water partition coefficient (Wildman–Crippen LogP) is 4.54. The largest absolute Gasteiger partial charge is 0.396 e. The molecule has 0 spiro atoms. The van der Waals surface area contributed by atoms with Gasteiger partial charge in [0, 0.05) is 6.61 Å². The molecule has 1 atom stereocenters. The van der Waals surface area contributed by atoms with E-state index < -0.39 is 0 Å². The Balaban J connectivity index is 3.02. The van der Waals surface area contributed by atoms with Crippen LogP contribution in [-0.4, -0.2) is 11.7 Å². The van der Waals surface area contributed by atoms with E-state index in [1.54, 1.807) is 0 Å². The number of aliphatic hydroxyl groups excluding tert-OH is 1. The van der Waals surface area contributed by atoms with Crippen molar-refractivity contribution in [1.29, 1.82) is 0 Å². The van der Waals surface area contributed by atoms with Gasteiger partial charge in [0.25, 0.3) is 0 Å². The number of hydrogen-bond acceptors (Lipinski definition) is 1. The van der Waals surface area contributed by atoms with Crippen molar-refractivity contribution in [2.24, 2.45) is 5.92 Å². The summed E-state index contributed by atoms with van der Waals surface area (Å²) < 4.78 is 0. The maximum Gasteiger partial charge on any atom is 0.0431 e. The smallest absolute Gasteiger partial charge is 0.0431 e. The molecule has 1 unspecified atom stereocenters. The molecule has 0 amide bonds. The summed E-state index contributed by atoms with van der Waals surface area (Å²) in [6.07, 6.45) is 13.4. The van der Waals surface area contributed by atoms with E-state index in [4.69, 9.17) is 5.11 Å². The highest BCUT2D eigenvalue weighted by atomic mass is 16.2. The Bertz CT molecular complexity index is 112. The molecule has 0 aromatic carbocycles. The van der Waals surface area contributed by atoms with Crippen LogP contribution in [0.2, 0.25) is 0 Å². The first-order valence-electron chi connectivity index (χ1n) is 6.92. The molecule has 0 fully saturated rings. The molecule has 0 aromatic rings. The van der Waals surface area contributed by atoms with Gasteiger partial charge in [-0.05, 0) is 18.8 Å². The van der Waals surface area contributed by atoms with Gasteiger partial charge in [-0.2, -0.15) is 0 Å². The molecular weight excluding hydrogens is 184 g/mol.